The number of amides is 2. The number of hydrogen-bond donors (Lipinski definition) is 2. The third kappa shape index (κ3) is 10.2. The molecule has 2 amide bonds. The highest BCUT2D eigenvalue weighted by Crippen LogP contribution is 2.08. The summed E-state index contributed by atoms with van der Waals surface area (Å²) in [6.45, 7) is 9.72. The van der Waals surface area contributed by atoms with Crippen molar-refractivity contribution in [1.29, 1.82) is 0 Å². The lowest BCUT2D eigenvalue weighted by Gasteiger charge is -2.27. The molecule has 2 N–H and O–H groups in total. The van der Waals surface area contributed by atoms with Gasteiger partial charge in [0.2, 0.25) is 5.91 Å². The number of carbonyl (C=O) groups is 2. The Morgan fingerprint density at radius 3 is 2.30 bits per heavy atom. The first-order valence-corrected chi connectivity index (χ1v) is 8.84. The van der Waals surface area contributed by atoms with Gasteiger partial charge < -0.3 is 20.3 Å². The lowest BCUT2D eigenvalue weighted by atomic mass is 10.1. The Balaban J connectivity index is 1.91. The maximum Gasteiger partial charge on any atom is 0.407 e. The molecule has 0 unspecified atom stereocenters. The highest BCUT2D eigenvalue weighted by atomic mass is 16.6. The molecular formula is C17H33N3O3. The van der Waals surface area contributed by atoms with Crippen LogP contribution in [0.15, 0.2) is 0 Å². The molecule has 0 aromatic rings. The predicted octanol–water partition coefficient (Wildman–Crippen LogP) is 2.28. The lowest BCUT2D eigenvalue weighted by Crippen LogP contribution is -2.46. The van der Waals surface area contributed by atoms with Gasteiger partial charge in [-0.05, 0) is 33.6 Å². The predicted molar refractivity (Wildman–Crippen MR) is 91.4 cm³/mol. The van der Waals surface area contributed by atoms with Crippen molar-refractivity contribution in [3.05, 3.63) is 0 Å². The number of hydrogen-bond acceptors (Lipinski definition) is 4. The van der Waals surface area contributed by atoms with Crippen LogP contribution in [-0.2, 0) is 9.53 Å². The van der Waals surface area contributed by atoms with Crippen LogP contribution in [0.1, 0.15) is 59.3 Å². The Labute approximate surface area is 140 Å². The largest absolute Gasteiger partial charge is 0.444 e. The Kier molecular flexibility index (Phi) is 8.99. The average Bonchev–Trinajstić information content (AvgIpc) is 2.48. The fourth-order valence-corrected chi connectivity index (χ4v) is 2.51. The summed E-state index contributed by atoms with van der Waals surface area (Å²) in [7, 11) is 0. The number of nitrogens with zero attached hydrogens (tertiary/aromatic N) is 1. The molecular weight excluding hydrogens is 294 g/mol. The van der Waals surface area contributed by atoms with E-state index in [2.05, 4.69) is 10.6 Å². The van der Waals surface area contributed by atoms with Gasteiger partial charge in [0.25, 0.3) is 0 Å². The molecule has 6 nitrogen and oxygen atoms in total. The fraction of sp³-hybridized carbons (Fsp3) is 0.882. The molecule has 0 spiro atoms. The summed E-state index contributed by atoms with van der Waals surface area (Å²) in [5.41, 5.74) is -0.443. The molecule has 0 aliphatic carbocycles. The van der Waals surface area contributed by atoms with E-state index in [9.17, 15) is 9.59 Å². The second kappa shape index (κ2) is 10.5. The maximum atomic E-state index is 12.0. The van der Waals surface area contributed by atoms with Gasteiger partial charge >= 0.3 is 6.09 Å². The minimum atomic E-state index is -0.443. The number of alkyl carbamates (subject to hydrolysis) is 1. The molecule has 23 heavy (non-hydrogen) atoms. The third-order valence-electron chi connectivity index (χ3n) is 3.71. The van der Waals surface area contributed by atoms with Crippen LogP contribution in [0.4, 0.5) is 4.79 Å². The van der Waals surface area contributed by atoms with Crippen LogP contribution in [0.2, 0.25) is 0 Å². The van der Waals surface area contributed by atoms with Crippen LogP contribution in [-0.4, -0.2) is 55.2 Å². The summed E-state index contributed by atoms with van der Waals surface area (Å²) in [6.07, 6.45) is 5.47. The van der Waals surface area contributed by atoms with Crippen molar-refractivity contribution in [3.63, 3.8) is 0 Å². The van der Waals surface area contributed by atoms with Crippen molar-refractivity contribution < 1.29 is 14.3 Å². The quantitative estimate of drug-likeness (QED) is 0.671. The topological polar surface area (TPSA) is 70.7 Å². The smallest absolute Gasteiger partial charge is 0.407 e. The van der Waals surface area contributed by atoms with Gasteiger partial charge in [0.15, 0.2) is 0 Å². The van der Waals surface area contributed by atoms with E-state index in [0.717, 1.165) is 58.3 Å². The Morgan fingerprint density at radius 2 is 1.65 bits per heavy atom. The van der Waals surface area contributed by atoms with E-state index >= 15 is 0 Å². The highest BCUT2D eigenvalue weighted by Gasteiger charge is 2.16. The number of nitrogens with one attached hydrogen (secondary N) is 2. The van der Waals surface area contributed by atoms with Gasteiger partial charge in [-0.3, -0.25) is 4.79 Å². The average molecular weight is 327 g/mol. The molecule has 1 saturated heterocycles. The first-order chi connectivity index (χ1) is 10.9. The Bertz CT molecular complexity index is 361. The van der Waals surface area contributed by atoms with E-state index in [1.807, 2.05) is 25.7 Å². The van der Waals surface area contributed by atoms with Crippen molar-refractivity contribution in [2.75, 3.05) is 32.7 Å². The number of rotatable bonds is 8. The van der Waals surface area contributed by atoms with Crippen LogP contribution in [0.5, 0.6) is 0 Å². The SMILES string of the molecule is CC(C)(C)OC(=O)NCCCCCCCC(=O)N1CCNCC1. The zero-order chi connectivity index (χ0) is 17.1. The van der Waals surface area contributed by atoms with E-state index in [4.69, 9.17) is 4.74 Å². The van der Waals surface area contributed by atoms with E-state index in [1.165, 1.54) is 0 Å². The zero-order valence-electron chi connectivity index (χ0n) is 15.0. The molecule has 1 heterocycles. The van der Waals surface area contributed by atoms with E-state index in [0.29, 0.717) is 13.0 Å². The van der Waals surface area contributed by atoms with E-state index < -0.39 is 5.60 Å². The molecule has 0 radical (unpaired) electrons. The lowest BCUT2D eigenvalue weighted by molar-refractivity contribution is -0.131. The summed E-state index contributed by atoms with van der Waals surface area (Å²) in [4.78, 5) is 25.4. The number of piperazine rings is 1. The van der Waals surface area contributed by atoms with Crippen LogP contribution in [0.3, 0.4) is 0 Å². The highest BCUT2D eigenvalue weighted by molar-refractivity contribution is 5.76. The number of carbonyl (C=O) groups excluding carboxylic acids is 2. The Morgan fingerprint density at radius 1 is 1.04 bits per heavy atom. The molecule has 0 saturated carbocycles. The van der Waals surface area contributed by atoms with Crippen molar-refractivity contribution >= 4 is 12.0 Å². The molecule has 0 bridgehead atoms. The Hall–Kier alpha value is -1.30. The second-order valence-corrected chi connectivity index (χ2v) is 7.08. The van der Waals surface area contributed by atoms with Gasteiger partial charge in [-0.15, -0.1) is 0 Å². The molecule has 0 aromatic heterocycles. The minimum Gasteiger partial charge on any atom is -0.444 e. The van der Waals surface area contributed by atoms with E-state index in [-0.39, 0.29) is 12.0 Å². The second-order valence-electron chi connectivity index (χ2n) is 7.08. The maximum absolute atomic E-state index is 12.0. The molecule has 134 valence electrons. The van der Waals surface area contributed by atoms with Crippen LogP contribution >= 0.6 is 0 Å². The summed E-state index contributed by atoms with van der Waals surface area (Å²) in [5.74, 6) is 0.290. The van der Waals surface area contributed by atoms with Gasteiger partial charge in [-0.25, -0.2) is 4.79 Å². The van der Waals surface area contributed by atoms with Gasteiger partial charge in [0.1, 0.15) is 5.60 Å². The summed E-state index contributed by atoms with van der Waals surface area (Å²) in [5, 5.41) is 6.02. The van der Waals surface area contributed by atoms with Gasteiger partial charge in [0, 0.05) is 39.1 Å². The molecule has 0 atom stereocenters. The fourth-order valence-electron chi connectivity index (χ4n) is 2.51. The zero-order valence-corrected chi connectivity index (χ0v) is 15.0. The first-order valence-electron chi connectivity index (χ1n) is 8.84. The van der Waals surface area contributed by atoms with Gasteiger partial charge in [-0.2, -0.15) is 0 Å². The summed E-state index contributed by atoms with van der Waals surface area (Å²) in [6, 6.07) is 0. The molecule has 1 fully saturated rings. The number of unbranched alkanes of at least 4 members (excludes halogenated alkanes) is 4. The van der Waals surface area contributed by atoms with Crippen molar-refractivity contribution in [3.8, 4) is 0 Å². The van der Waals surface area contributed by atoms with E-state index in [1.54, 1.807) is 0 Å². The normalized spacial score (nSPS) is 15.3. The van der Waals surface area contributed by atoms with Crippen LogP contribution < -0.4 is 10.6 Å². The molecule has 1 aliphatic rings. The number of ether oxygens (including phenoxy) is 1. The molecule has 1 rings (SSSR count). The molecule has 1 aliphatic heterocycles. The van der Waals surface area contributed by atoms with Crippen LogP contribution in [0.25, 0.3) is 0 Å². The summed E-state index contributed by atoms with van der Waals surface area (Å²) >= 11 is 0. The molecule has 6 heteroatoms. The van der Waals surface area contributed by atoms with Crippen molar-refractivity contribution in [2.45, 2.75) is 64.9 Å². The van der Waals surface area contributed by atoms with Gasteiger partial charge in [0.05, 0.1) is 0 Å². The van der Waals surface area contributed by atoms with Gasteiger partial charge in [-0.1, -0.05) is 19.3 Å². The standard InChI is InChI=1S/C17H33N3O3/c1-17(2,3)23-16(22)19-10-8-6-4-5-7-9-15(21)20-13-11-18-12-14-20/h18H,4-14H2,1-3H3,(H,19,22). The van der Waals surface area contributed by atoms with Crippen molar-refractivity contribution in [2.24, 2.45) is 0 Å². The van der Waals surface area contributed by atoms with Crippen LogP contribution in [0, 0.1) is 0 Å². The first kappa shape index (κ1) is 19.7. The minimum absolute atomic E-state index is 0.290. The summed E-state index contributed by atoms with van der Waals surface area (Å²) < 4.78 is 5.17. The van der Waals surface area contributed by atoms with Crippen molar-refractivity contribution in [1.82, 2.24) is 15.5 Å². The monoisotopic (exact) mass is 327 g/mol. The third-order valence-corrected chi connectivity index (χ3v) is 3.71. The molecule has 0 aromatic carbocycles.